The van der Waals surface area contributed by atoms with Gasteiger partial charge in [-0.15, -0.1) is 0 Å². The van der Waals surface area contributed by atoms with Crippen molar-refractivity contribution in [2.75, 3.05) is 33.2 Å². The van der Waals surface area contributed by atoms with Crippen LogP contribution in [0.3, 0.4) is 0 Å². The third kappa shape index (κ3) is 3.20. The van der Waals surface area contributed by atoms with Crippen LogP contribution in [0, 0.1) is 11.3 Å². The highest BCUT2D eigenvalue weighted by Gasteiger charge is 2.34. The Bertz CT molecular complexity index is 671. The van der Waals surface area contributed by atoms with Gasteiger partial charge in [-0.3, -0.25) is 0 Å². The Morgan fingerprint density at radius 2 is 2.19 bits per heavy atom. The van der Waals surface area contributed by atoms with Crippen LogP contribution in [0.2, 0.25) is 5.02 Å². The second kappa shape index (κ2) is 6.30. The number of rotatable bonds is 3. The fraction of sp³-hybridized carbons (Fsp3) is 0.462. The van der Waals surface area contributed by atoms with Crippen LogP contribution in [0.5, 0.6) is 0 Å². The van der Waals surface area contributed by atoms with E-state index in [2.05, 4.69) is 4.90 Å². The zero-order valence-electron chi connectivity index (χ0n) is 11.7. The van der Waals surface area contributed by atoms with Gasteiger partial charge in [-0.2, -0.15) is 9.57 Å². The topological polar surface area (TPSA) is 90.4 Å². The minimum absolute atomic E-state index is 0.0921. The Kier molecular flexibility index (Phi) is 4.86. The molecule has 1 heterocycles. The molecule has 0 amide bonds. The number of nitrogens with zero attached hydrogens (tertiary/aromatic N) is 3. The number of sulfonamides is 1. The summed E-state index contributed by atoms with van der Waals surface area (Å²) in [5.74, 6) is 0. The van der Waals surface area contributed by atoms with Gasteiger partial charge in [0.2, 0.25) is 10.0 Å². The third-order valence-corrected chi connectivity index (χ3v) is 5.83. The molecule has 2 N–H and O–H groups in total. The Morgan fingerprint density at radius 1 is 1.48 bits per heavy atom. The first kappa shape index (κ1) is 16.2. The van der Waals surface area contributed by atoms with Crippen molar-refractivity contribution in [3.63, 3.8) is 0 Å². The lowest BCUT2D eigenvalue weighted by Crippen LogP contribution is -2.56. The van der Waals surface area contributed by atoms with Crippen LogP contribution in [0.25, 0.3) is 0 Å². The standard InChI is InChI=1S/C13H17ClN4O2S/c1-17-4-5-18(11(8-16)9-17)21(19,20)12-3-2-10(7-15)13(14)6-12/h2-3,6,11H,4-5,8-9,16H2,1H3. The summed E-state index contributed by atoms with van der Waals surface area (Å²) in [6.45, 7) is 1.89. The molecule has 1 aromatic carbocycles. The molecule has 1 fully saturated rings. The van der Waals surface area contributed by atoms with E-state index in [0.717, 1.165) is 0 Å². The minimum Gasteiger partial charge on any atom is -0.329 e. The van der Waals surface area contributed by atoms with Crippen LogP contribution in [0.1, 0.15) is 5.56 Å². The van der Waals surface area contributed by atoms with Crippen LogP contribution in [-0.2, 0) is 10.0 Å². The van der Waals surface area contributed by atoms with Crippen LogP contribution in [0.15, 0.2) is 23.1 Å². The number of benzene rings is 1. The summed E-state index contributed by atoms with van der Waals surface area (Å²) in [4.78, 5) is 2.14. The van der Waals surface area contributed by atoms with E-state index in [9.17, 15) is 8.42 Å². The van der Waals surface area contributed by atoms with Gasteiger partial charge in [-0.05, 0) is 25.2 Å². The van der Waals surface area contributed by atoms with Crippen molar-refractivity contribution in [3.8, 4) is 6.07 Å². The molecule has 0 spiro atoms. The molecule has 1 unspecified atom stereocenters. The zero-order valence-corrected chi connectivity index (χ0v) is 13.2. The van der Waals surface area contributed by atoms with Gasteiger partial charge in [0, 0.05) is 26.2 Å². The number of hydrogen-bond acceptors (Lipinski definition) is 5. The molecular weight excluding hydrogens is 312 g/mol. The number of nitriles is 1. The number of nitrogens with two attached hydrogens (primary N) is 1. The highest BCUT2D eigenvalue weighted by atomic mass is 35.5. The van der Waals surface area contributed by atoms with E-state index in [-0.39, 0.29) is 28.1 Å². The molecule has 2 rings (SSSR count). The lowest BCUT2D eigenvalue weighted by Gasteiger charge is -2.38. The summed E-state index contributed by atoms with van der Waals surface area (Å²) < 4.78 is 26.9. The van der Waals surface area contributed by atoms with Crippen molar-refractivity contribution in [1.82, 2.24) is 9.21 Å². The molecule has 1 aliphatic heterocycles. The van der Waals surface area contributed by atoms with Gasteiger partial charge >= 0.3 is 0 Å². The minimum atomic E-state index is -3.66. The first-order valence-electron chi connectivity index (χ1n) is 6.50. The van der Waals surface area contributed by atoms with Crippen LogP contribution in [0.4, 0.5) is 0 Å². The highest BCUT2D eigenvalue weighted by Crippen LogP contribution is 2.25. The van der Waals surface area contributed by atoms with Gasteiger partial charge in [-0.25, -0.2) is 8.42 Å². The molecule has 1 saturated heterocycles. The summed E-state index contributed by atoms with van der Waals surface area (Å²) in [7, 11) is -1.73. The van der Waals surface area contributed by atoms with Crippen molar-refractivity contribution < 1.29 is 8.42 Å². The second-order valence-electron chi connectivity index (χ2n) is 5.02. The van der Waals surface area contributed by atoms with E-state index in [1.165, 1.54) is 22.5 Å². The Hall–Kier alpha value is -1.17. The summed E-state index contributed by atoms with van der Waals surface area (Å²) >= 11 is 5.93. The molecule has 6 nitrogen and oxygen atoms in total. The maximum atomic E-state index is 12.7. The lowest BCUT2D eigenvalue weighted by atomic mass is 10.2. The smallest absolute Gasteiger partial charge is 0.243 e. The zero-order chi connectivity index (χ0) is 15.6. The van der Waals surface area contributed by atoms with Crippen molar-refractivity contribution in [1.29, 1.82) is 5.26 Å². The Labute approximate surface area is 129 Å². The SMILES string of the molecule is CN1CCN(S(=O)(=O)c2ccc(C#N)c(Cl)c2)C(CN)C1. The second-order valence-corrected chi connectivity index (χ2v) is 7.32. The molecule has 0 saturated carbocycles. The van der Waals surface area contributed by atoms with Gasteiger partial charge in [0.25, 0.3) is 0 Å². The van der Waals surface area contributed by atoms with E-state index in [0.29, 0.717) is 19.6 Å². The summed E-state index contributed by atoms with van der Waals surface area (Å²) in [6.07, 6.45) is 0. The summed E-state index contributed by atoms with van der Waals surface area (Å²) in [6, 6.07) is 5.80. The van der Waals surface area contributed by atoms with Crippen molar-refractivity contribution in [3.05, 3.63) is 28.8 Å². The van der Waals surface area contributed by atoms with E-state index >= 15 is 0 Å². The van der Waals surface area contributed by atoms with Crippen LogP contribution < -0.4 is 5.73 Å². The molecule has 8 heteroatoms. The van der Waals surface area contributed by atoms with E-state index < -0.39 is 10.0 Å². The summed E-state index contributed by atoms with van der Waals surface area (Å²) in [5, 5.41) is 8.99. The van der Waals surface area contributed by atoms with Crippen molar-refractivity contribution in [2.45, 2.75) is 10.9 Å². The molecule has 1 atom stereocenters. The lowest BCUT2D eigenvalue weighted by molar-refractivity contribution is 0.164. The van der Waals surface area contributed by atoms with Gasteiger partial charge in [-0.1, -0.05) is 11.6 Å². The predicted molar refractivity (Wildman–Crippen MR) is 80.4 cm³/mol. The first-order valence-corrected chi connectivity index (χ1v) is 8.32. The molecule has 0 radical (unpaired) electrons. The predicted octanol–water partition coefficient (Wildman–Crippen LogP) is 0.475. The molecule has 1 aliphatic rings. The molecular formula is C13H17ClN4O2S. The Balaban J connectivity index is 2.37. The monoisotopic (exact) mass is 328 g/mol. The molecule has 0 aromatic heterocycles. The number of likely N-dealkylation sites (N-methyl/N-ethyl adjacent to an activating group) is 1. The quantitative estimate of drug-likeness (QED) is 0.871. The average Bonchev–Trinajstić information content (AvgIpc) is 2.46. The molecule has 114 valence electrons. The molecule has 0 bridgehead atoms. The average molecular weight is 329 g/mol. The fourth-order valence-electron chi connectivity index (χ4n) is 2.38. The fourth-order valence-corrected chi connectivity index (χ4v) is 4.32. The van der Waals surface area contributed by atoms with Crippen molar-refractivity contribution in [2.24, 2.45) is 5.73 Å². The van der Waals surface area contributed by atoms with E-state index in [4.69, 9.17) is 22.6 Å². The Morgan fingerprint density at radius 3 is 2.76 bits per heavy atom. The van der Waals surface area contributed by atoms with Crippen LogP contribution in [-0.4, -0.2) is 56.9 Å². The van der Waals surface area contributed by atoms with E-state index in [1.807, 2.05) is 13.1 Å². The highest BCUT2D eigenvalue weighted by molar-refractivity contribution is 7.89. The van der Waals surface area contributed by atoms with Gasteiger partial charge in [0.15, 0.2) is 0 Å². The van der Waals surface area contributed by atoms with Gasteiger partial charge in [0.05, 0.1) is 21.5 Å². The largest absolute Gasteiger partial charge is 0.329 e. The normalized spacial score (nSPS) is 21.1. The van der Waals surface area contributed by atoms with Crippen LogP contribution >= 0.6 is 11.6 Å². The molecule has 0 aliphatic carbocycles. The first-order chi connectivity index (χ1) is 9.90. The number of piperazine rings is 1. The number of halogens is 1. The third-order valence-electron chi connectivity index (χ3n) is 3.57. The summed E-state index contributed by atoms with van der Waals surface area (Å²) in [5.41, 5.74) is 5.96. The van der Waals surface area contributed by atoms with Gasteiger partial charge < -0.3 is 10.6 Å². The van der Waals surface area contributed by atoms with E-state index in [1.54, 1.807) is 0 Å². The number of hydrogen-bond donors (Lipinski definition) is 1. The van der Waals surface area contributed by atoms with Crippen molar-refractivity contribution >= 4 is 21.6 Å². The molecule has 21 heavy (non-hydrogen) atoms. The molecule has 1 aromatic rings. The maximum absolute atomic E-state index is 12.7. The van der Waals surface area contributed by atoms with Gasteiger partial charge in [0.1, 0.15) is 6.07 Å². The maximum Gasteiger partial charge on any atom is 0.243 e.